The second-order valence-corrected chi connectivity index (χ2v) is 10.8. The maximum atomic E-state index is 14.3. The molecule has 7 nitrogen and oxygen atoms in total. The summed E-state index contributed by atoms with van der Waals surface area (Å²) >= 11 is 0. The van der Waals surface area contributed by atoms with Gasteiger partial charge in [0.15, 0.2) is 0 Å². The number of nitrogens with zero attached hydrogens (tertiary/aromatic N) is 2. The average molecular weight is 553 g/mol. The van der Waals surface area contributed by atoms with E-state index < -0.39 is 47.1 Å². The molecule has 1 heterocycles. The molecule has 0 saturated heterocycles. The van der Waals surface area contributed by atoms with Crippen LogP contribution >= 0.6 is 0 Å². The van der Waals surface area contributed by atoms with Gasteiger partial charge in [-0.15, -0.1) is 0 Å². The molecule has 0 bridgehead atoms. The predicted molar refractivity (Wildman–Crippen MR) is 147 cm³/mol. The van der Waals surface area contributed by atoms with Crippen LogP contribution in [0.2, 0.25) is 0 Å². The van der Waals surface area contributed by atoms with Gasteiger partial charge in [-0.05, 0) is 62.6 Å². The molecule has 0 aromatic heterocycles. The van der Waals surface area contributed by atoms with Gasteiger partial charge in [-0.1, -0.05) is 54.6 Å². The second-order valence-electron chi connectivity index (χ2n) is 10.8. The number of para-hydroxylation sites is 1. The highest BCUT2D eigenvalue weighted by atomic mass is 19.4. The number of fused-ring (bicyclic) bond motifs is 1. The quantitative estimate of drug-likeness (QED) is 0.441. The van der Waals surface area contributed by atoms with E-state index in [9.17, 15) is 27.6 Å². The Bertz CT molecular complexity index is 1400. The van der Waals surface area contributed by atoms with Crippen LogP contribution in [0, 0.1) is 0 Å². The van der Waals surface area contributed by atoms with E-state index in [1.54, 1.807) is 32.9 Å². The lowest BCUT2D eigenvalue weighted by atomic mass is 9.85. The monoisotopic (exact) mass is 552 g/mol. The Kier molecular flexibility index (Phi) is 7.91. The molecule has 210 valence electrons. The molecule has 2 atom stereocenters. The molecular formula is C30H31F3N4O3. The van der Waals surface area contributed by atoms with E-state index in [0.29, 0.717) is 5.69 Å². The van der Waals surface area contributed by atoms with E-state index in [-0.39, 0.29) is 18.7 Å². The zero-order valence-corrected chi connectivity index (χ0v) is 22.4. The first-order valence-corrected chi connectivity index (χ1v) is 12.8. The topological polar surface area (TPSA) is 95.7 Å². The fourth-order valence-electron chi connectivity index (χ4n) is 5.05. The Hall–Kier alpha value is -4.34. The molecule has 3 aromatic carbocycles. The molecular weight excluding hydrogens is 521 g/mol. The summed E-state index contributed by atoms with van der Waals surface area (Å²) in [5.74, 6) is -1.50. The van der Waals surface area contributed by atoms with E-state index >= 15 is 0 Å². The summed E-state index contributed by atoms with van der Waals surface area (Å²) in [6.45, 7) is 5.06. The molecule has 4 amide bonds. The number of hydrogen-bond donors (Lipinski definition) is 2. The van der Waals surface area contributed by atoms with Crippen molar-refractivity contribution in [1.82, 2.24) is 5.32 Å². The van der Waals surface area contributed by atoms with Crippen LogP contribution in [0.25, 0.3) is 0 Å². The average Bonchev–Trinajstić information content (AvgIpc) is 2.99. The number of nitrogens with two attached hydrogens (primary N) is 1. The molecule has 2 unspecified atom stereocenters. The highest BCUT2D eigenvalue weighted by molar-refractivity contribution is 6.08. The van der Waals surface area contributed by atoms with Gasteiger partial charge in [0.1, 0.15) is 12.6 Å². The van der Waals surface area contributed by atoms with Gasteiger partial charge < -0.3 is 16.0 Å². The zero-order chi connectivity index (χ0) is 29.2. The van der Waals surface area contributed by atoms with E-state index in [2.05, 4.69) is 5.32 Å². The van der Waals surface area contributed by atoms with Gasteiger partial charge >= 0.3 is 12.2 Å². The van der Waals surface area contributed by atoms with Gasteiger partial charge in [0.2, 0.25) is 5.91 Å². The Labute approximate surface area is 230 Å². The third kappa shape index (κ3) is 6.27. The molecule has 3 aromatic rings. The SMILES string of the molecule is CC(C)(C)NC(=O)CN1C(=O)C(N(C(N)=O)c2cccc(C(F)(F)F)c2)CC(c2ccccc2)c2ccccc21. The third-order valence-electron chi connectivity index (χ3n) is 6.63. The Balaban J connectivity index is 1.88. The number of anilines is 2. The number of hydrogen-bond acceptors (Lipinski definition) is 3. The number of carbonyl (C=O) groups excluding carboxylic acids is 3. The summed E-state index contributed by atoms with van der Waals surface area (Å²) in [6, 6.07) is 18.1. The largest absolute Gasteiger partial charge is 0.416 e. The van der Waals surface area contributed by atoms with Gasteiger partial charge in [0, 0.05) is 22.8 Å². The van der Waals surface area contributed by atoms with E-state index in [1.807, 2.05) is 42.5 Å². The van der Waals surface area contributed by atoms with E-state index in [4.69, 9.17) is 5.73 Å². The predicted octanol–water partition coefficient (Wildman–Crippen LogP) is 5.44. The Morgan fingerprint density at radius 3 is 2.25 bits per heavy atom. The molecule has 4 rings (SSSR count). The smallest absolute Gasteiger partial charge is 0.351 e. The number of nitrogens with one attached hydrogen (secondary N) is 1. The van der Waals surface area contributed by atoms with Gasteiger partial charge in [-0.3, -0.25) is 14.5 Å². The summed E-state index contributed by atoms with van der Waals surface area (Å²) in [4.78, 5) is 42.4. The van der Waals surface area contributed by atoms with Gasteiger partial charge in [-0.25, -0.2) is 4.79 Å². The molecule has 0 radical (unpaired) electrons. The summed E-state index contributed by atoms with van der Waals surface area (Å²) in [7, 11) is 0. The molecule has 10 heteroatoms. The van der Waals surface area contributed by atoms with Crippen molar-refractivity contribution in [2.45, 2.75) is 50.9 Å². The first kappa shape index (κ1) is 28.7. The molecule has 0 saturated carbocycles. The summed E-state index contributed by atoms with van der Waals surface area (Å²) in [5.41, 5.74) is 6.07. The lowest BCUT2D eigenvalue weighted by molar-refractivity contribution is -0.137. The minimum absolute atomic E-state index is 0.0242. The standard InChI is InChI=1S/C30H31F3N4O3/c1-29(2,3)35-26(38)18-36-24-15-8-7-14-22(24)23(19-10-5-4-6-11-19)17-25(27(36)39)37(28(34)40)21-13-9-12-20(16-21)30(31,32)33/h4-16,23,25H,17-18H2,1-3H3,(H2,34,40)(H,35,38). The van der Waals surface area contributed by atoms with E-state index in [1.165, 1.54) is 11.0 Å². The molecule has 0 aliphatic carbocycles. The number of urea groups is 1. The summed E-state index contributed by atoms with van der Waals surface area (Å²) in [6.07, 6.45) is -4.65. The van der Waals surface area contributed by atoms with Crippen LogP contribution in [0.5, 0.6) is 0 Å². The van der Waals surface area contributed by atoms with E-state index in [0.717, 1.165) is 34.2 Å². The van der Waals surface area contributed by atoms with Crippen molar-refractivity contribution in [2.75, 3.05) is 16.3 Å². The van der Waals surface area contributed by atoms with Crippen LogP contribution in [0.4, 0.5) is 29.3 Å². The number of carbonyl (C=O) groups is 3. The fraction of sp³-hybridized carbons (Fsp3) is 0.300. The van der Waals surface area contributed by atoms with Crippen LogP contribution in [0.15, 0.2) is 78.9 Å². The second kappa shape index (κ2) is 11.0. The molecule has 0 fully saturated rings. The van der Waals surface area contributed by atoms with Crippen molar-refractivity contribution in [3.8, 4) is 0 Å². The maximum absolute atomic E-state index is 14.3. The number of primary amides is 1. The molecule has 1 aliphatic rings. The minimum atomic E-state index is -4.67. The van der Waals surface area contributed by atoms with Crippen molar-refractivity contribution in [2.24, 2.45) is 5.73 Å². The van der Waals surface area contributed by atoms with Crippen molar-refractivity contribution < 1.29 is 27.6 Å². The van der Waals surface area contributed by atoms with Gasteiger partial charge in [-0.2, -0.15) is 13.2 Å². The highest BCUT2D eigenvalue weighted by Gasteiger charge is 2.42. The van der Waals surface area contributed by atoms with Crippen LogP contribution in [0.1, 0.15) is 49.8 Å². The van der Waals surface area contributed by atoms with Crippen molar-refractivity contribution in [3.63, 3.8) is 0 Å². The molecule has 1 aliphatic heterocycles. The maximum Gasteiger partial charge on any atom is 0.416 e. The number of rotatable bonds is 5. The number of amides is 4. The number of halogens is 3. The number of alkyl halides is 3. The first-order valence-electron chi connectivity index (χ1n) is 12.8. The van der Waals surface area contributed by atoms with Crippen molar-refractivity contribution in [3.05, 3.63) is 95.6 Å². The van der Waals surface area contributed by atoms with Crippen molar-refractivity contribution >= 4 is 29.2 Å². The van der Waals surface area contributed by atoms with Crippen LogP contribution in [-0.2, 0) is 15.8 Å². The fourth-order valence-corrected chi connectivity index (χ4v) is 5.05. The zero-order valence-electron chi connectivity index (χ0n) is 22.4. The summed E-state index contributed by atoms with van der Waals surface area (Å²) < 4.78 is 40.7. The molecule has 3 N–H and O–H groups in total. The lowest BCUT2D eigenvalue weighted by Gasteiger charge is -2.33. The van der Waals surface area contributed by atoms with Crippen molar-refractivity contribution in [1.29, 1.82) is 0 Å². The van der Waals surface area contributed by atoms with Crippen LogP contribution in [0.3, 0.4) is 0 Å². The normalized spacial score (nSPS) is 17.6. The third-order valence-corrected chi connectivity index (χ3v) is 6.63. The molecule has 40 heavy (non-hydrogen) atoms. The van der Waals surface area contributed by atoms with Crippen LogP contribution < -0.4 is 20.9 Å². The van der Waals surface area contributed by atoms with Gasteiger partial charge in [0.25, 0.3) is 5.91 Å². The Morgan fingerprint density at radius 1 is 0.975 bits per heavy atom. The Morgan fingerprint density at radius 2 is 1.62 bits per heavy atom. The lowest BCUT2D eigenvalue weighted by Crippen LogP contribution is -2.55. The first-order chi connectivity index (χ1) is 18.8. The van der Waals surface area contributed by atoms with Gasteiger partial charge in [0.05, 0.1) is 5.56 Å². The minimum Gasteiger partial charge on any atom is -0.351 e. The van der Waals surface area contributed by atoms with Crippen LogP contribution in [-0.4, -0.2) is 36.0 Å². The number of benzene rings is 3. The summed E-state index contributed by atoms with van der Waals surface area (Å²) in [5, 5.41) is 2.84. The molecule has 0 spiro atoms. The highest BCUT2D eigenvalue weighted by Crippen LogP contribution is 2.41.